The molecule has 3 aromatic rings. The topological polar surface area (TPSA) is 66.5 Å². The fourth-order valence-corrected chi connectivity index (χ4v) is 6.82. The van der Waals surface area contributed by atoms with E-state index in [2.05, 4.69) is 17.4 Å². The zero-order valence-corrected chi connectivity index (χ0v) is 18.7. The van der Waals surface area contributed by atoms with Gasteiger partial charge in [0.05, 0.1) is 4.90 Å². The van der Waals surface area contributed by atoms with Gasteiger partial charge in [0.25, 0.3) is 5.91 Å². The van der Waals surface area contributed by atoms with E-state index in [0.29, 0.717) is 18.7 Å². The molecule has 0 saturated carbocycles. The number of benzene rings is 2. The second-order valence-corrected chi connectivity index (χ2v) is 11.1. The first-order valence-corrected chi connectivity index (χ1v) is 12.9. The number of fused-ring (bicyclic) bond motifs is 2. The molecule has 7 heteroatoms. The van der Waals surface area contributed by atoms with E-state index >= 15 is 0 Å². The average Bonchev–Trinajstić information content (AvgIpc) is 3.27. The summed E-state index contributed by atoms with van der Waals surface area (Å²) in [5.41, 5.74) is 4.07. The molecule has 0 bridgehead atoms. The van der Waals surface area contributed by atoms with Gasteiger partial charge in [-0.2, -0.15) is 4.31 Å². The van der Waals surface area contributed by atoms with Crippen molar-refractivity contribution in [3.8, 4) is 0 Å². The van der Waals surface area contributed by atoms with Crippen molar-refractivity contribution < 1.29 is 13.2 Å². The summed E-state index contributed by atoms with van der Waals surface area (Å²) in [6.45, 7) is 0.854. The molecule has 0 fully saturated rings. The van der Waals surface area contributed by atoms with Crippen LogP contribution >= 0.6 is 11.3 Å². The molecule has 160 valence electrons. The first kappa shape index (κ1) is 20.4. The Bertz CT molecular complexity index is 1230. The molecule has 2 heterocycles. The van der Waals surface area contributed by atoms with Crippen LogP contribution in [0.3, 0.4) is 0 Å². The molecule has 0 spiro atoms. The SMILES string of the molecule is O=C(NC1CCc2ccccc2C1)c1cccc(S(=O)(=O)N2CCc3sccc3C2)c1. The first-order chi connectivity index (χ1) is 15.0. The molecule has 1 unspecified atom stereocenters. The molecule has 31 heavy (non-hydrogen) atoms. The van der Waals surface area contributed by atoms with Gasteiger partial charge in [0.15, 0.2) is 0 Å². The molecule has 5 nitrogen and oxygen atoms in total. The fourth-order valence-electron chi connectivity index (χ4n) is 4.46. The van der Waals surface area contributed by atoms with E-state index in [0.717, 1.165) is 31.2 Å². The second kappa shape index (κ2) is 8.22. The van der Waals surface area contributed by atoms with Gasteiger partial charge < -0.3 is 5.32 Å². The normalized spacial score (nSPS) is 18.8. The Morgan fingerprint density at radius 2 is 1.84 bits per heavy atom. The van der Waals surface area contributed by atoms with Crippen molar-refractivity contribution in [1.82, 2.24) is 9.62 Å². The average molecular weight is 453 g/mol. The lowest BCUT2D eigenvalue weighted by atomic mass is 9.88. The van der Waals surface area contributed by atoms with E-state index in [1.165, 1.54) is 26.4 Å². The Morgan fingerprint density at radius 1 is 1.00 bits per heavy atom. The molecule has 1 aliphatic carbocycles. The Balaban J connectivity index is 1.31. The van der Waals surface area contributed by atoms with Crippen molar-refractivity contribution in [3.63, 3.8) is 0 Å². The van der Waals surface area contributed by atoms with Crippen LogP contribution in [0.4, 0.5) is 0 Å². The van der Waals surface area contributed by atoms with Gasteiger partial charge in [0.1, 0.15) is 0 Å². The van der Waals surface area contributed by atoms with Crippen molar-refractivity contribution in [2.75, 3.05) is 6.54 Å². The number of sulfonamides is 1. The lowest BCUT2D eigenvalue weighted by Crippen LogP contribution is -2.39. The largest absolute Gasteiger partial charge is 0.349 e. The number of hydrogen-bond acceptors (Lipinski definition) is 4. The zero-order valence-electron chi connectivity index (χ0n) is 17.1. The van der Waals surface area contributed by atoms with Gasteiger partial charge in [-0.25, -0.2) is 8.42 Å². The number of nitrogens with zero attached hydrogens (tertiary/aromatic N) is 1. The van der Waals surface area contributed by atoms with Crippen molar-refractivity contribution >= 4 is 27.3 Å². The quantitative estimate of drug-likeness (QED) is 0.655. The maximum Gasteiger partial charge on any atom is 0.251 e. The van der Waals surface area contributed by atoms with Crippen LogP contribution in [0.1, 0.15) is 38.3 Å². The highest BCUT2D eigenvalue weighted by Gasteiger charge is 2.29. The summed E-state index contributed by atoms with van der Waals surface area (Å²) in [7, 11) is -3.65. The van der Waals surface area contributed by atoms with Gasteiger partial charge in [0, 0.05) is 29.6 Å². The molecule has 2 aliphatic rings. The lowest BCUT2D eigenvalue weighted by Gasteiger charge is -2.27. The third-order valence-corrected chi connectivity index (χ3v) is 9.05. The highest BCUT2D eigenvalue weighted by atomic mass is 32.2. The van der Waals surface area contributed by atoms with Crippen LogP contribution in [0.15, 0.2) is 64.9 Å². The van der Waals surface area contributed by atoms with E-state index < -0.39 is 10.0 Å². The molecule has 1 N–H and O–H groups in total. The number of carbonyl (C=O) groups is 1. The number of aryl methyl sites for hydroxylation is 1. The van der Waals surface area contributed by atoms with E-state index in [9.17, 15) is 13.2 Å². The highest BCUT2D eigenvalue weighted by molar-refractivity contribution is 7.89. The van der Waals surface area contributed by atoms with E-state index in [4.69, 9.17) is 0 Å². The monoisotopic (exact) mass is 452 g/mol. The van der Waals surface area contributed by atoms with Crippen molar-refractivity contribution in [1.29, 1.82) is 0 Å². The summed E-state index contributed by atoms with van der Waals surface area (Å²) in [5, 5.41) is 5.11. The molecule has 1 atom stereocenters. The van der Waals surface area contributed by atoms with Crippen molar-refractivity contribution in [2.45, 2.75) is 43.2 Å². The minimum Gasteiger partial charge on any atom is -0.349 e. The molecule has 0 saturated heterocycles. The Kier molecular flexibility index (Phi) is 5.42. The minimum atomic E-state index is -3.65. The third kappa shape index (κ3) is 4.05. The Labute approximate surface area is 186 Å². The maximum absolute atomic E-state index is 13.2. The van der Waals surface area contributed by atoms with Crippen LogP contribution in [0, 0.1) is 0 Å². The summed E-state index contributed by atoms with van der Waals surface area (Å²) in [4.78, 5) is 14.3. The zero-order chi connectivity index (χ0) is 21.4. The van der Waals surface area contributed by atoms with Crippen LogP contribution in [-0.2, 0) is 35.8 Å². The van der Waals surface area contributed by atoms with Crippen molar-refractivity contribution in [2.24, 2.45) is 0 Å². The molecule has 1 aromatic heterocycles. The smallest absolute Gasteiger partial charge is 0.251 e. The maximum atomic E-state index is 13.2. The molecule has 1 aliphatic heterocycles. The predicted octanol–water partition coefficient (Wildman–Crippen LogP) is 3.78. The summed E-state index contributed by atoms with van der Waals surface area (Å²) in [6, 6.07) is 16.8. The van der Waals surface area contributed by atoms with Gasteiger partial charge in [-0.15, -0.1) is 11.3 Å². The number of nitrogens with one attached hydrogen (secondary N) is 1. The highest BCUT2D eigenvalue weighted by Crippen LogP contribution is 2.28. The van der Waals surface area contributed by atoms with Crippen LogP contribution in [0.5, 0.6) is 0 Å². The standard InChI is InChI=1S/C24H24N2O3S2/c27-24(25-21-9-8-17-4-1-2-5-18(17)14-21)19-6-3-7-22(15-19)31(28,29)26-12-10-23-20(16-26)11-13-30-23/h1-7,11,13,15,21H,8-10,12,14,16H2,(H,25,27). The van der Waals surface area contributed by atoms with Crippen LogP contribution in [0.25, 0.3) is 0 Å². The first-order valence-electron chi connectivity index (χ1n) is 10.5. The molecule has 0 radical (unpaired) electrons. The summed E-state index contributed by atoms with van der Waals surface area (Å²) < 4.78 is 27.9. The van der Waals surface area contributed by atoms with E-state index in [1.54, 1.807) is 29.5 Å². The van der Waals surface area contributed by atoms with Gasteiger partial charge in [-0.1, -0.05) is 30.3 Å². The fraction of sp³-hybridized carbons (Fsp3) is 0.292. The van der Waals surface area contributed by atoms with Gasteiger partial charge >= 0.3 is 0 Å². The van der Waals surface area contributed by atoms with Crippen molar-refractivity contribution in [3.05, 3.63) is 87.1 Å². The molecular formula is C24H24N2O3S2. The van der Waals surface area contributed by atoms with Crippen LogP contribution < -0.4 is 5.32 Å². The second-order valence-electron chi connectivity index (χ2n) is 8.17. The summed E-state index contributed by atoms with van der Waals surface area (Å²) in [5.74, 6) is -0.222. The molecule has 2 aromatic carbocycles. The van der Waals surface area contributed by atoms with Crippen LogP contribution in [0.2, 0.25) is 0 Å². The van der Waals surface area contributed by atoms with E-state index in [1.807, 2.05) is 23.6 Å². The van der Waals surface area contributed by atoms with E-state index in [-0.39, 0.29) is 16.8 Å². The van der Waals surface area contributed by atoms with Gasteiger partial charge in [-0.3, -0.25) is 4.79 Å². The Hall–Kier alpha value is -2.48. The predicted molar refractivity (Wildman–Crippen MR) is 122 cm³/mol. The molecule has 1 amide bonds. The summed E-state index contributed by atoms with van der Waals surface area (Å²) >= 11 is 1.68. The van der Waals surface area contributed by atoms with Crippen LogP contribution in [-0.4, -0.2) is 31.2 Å². The number of thiophene rings is 1. The van der Waals surface area contributed by atoms with Gasteiger partial charge in [-0.05, 0) is 72.0 Å². The summed E-state index contributed by atoms with van der Waals surface area (Å²) in [6.07, 6.45) is 3.36. The Morgan fingerprint density at radius 3 is 2.71 bits per heavy atom. The number of rotatable bonds is 4. The van der Waals surface area contributed by atoms with Gasteiger partial charge in [0.2, 0.25) is 10.0 Å². The molecular weight excluding hydrogens is 428 g/mol. The number of carbonyl (C=O) groups excluding carboxylic acids is 1. The lowest BCUT2D eigenvalue weighted by molar-refractivity contribution is 0.0933. The molecule has 5 rings (SSSR count). The number of hydrogen-bond donors (Lipinski definition) is 1. The third-order valence-electron chi connectivity index (χ3n) is 6.19. The number of amides is 1. The minimum absolute atomic E-state index is 0.0572.